The van der Waals surface area contributed by atoms with Crippen molar-refractivity contribution in [3.8, 4) is 5.75 Å². The average Bonchev–Trinajstić information content (AvgIpc) is 2.46. The summed E-state index contributed by atoms with van der Waals surface area (Å²) in [7, 11) is 1.39. The minimum absolute atomic E-state index is 0.233. The molecule has 0 aliphatic heterocycles. The van der Waals surface area contributed by atoms with Crippen molar-refractivity contribution in [3.05, 3.63) is 53.6 Å². The zero-order valence-corrected chi connectivity index (χ0v) is 11.6. The summed E-state index contributed by atoms with van der Waals surface area (Å²) in [5.74, 6) is -0.221. The summed E-state index contributed by atoms with van der Waals surface area (Å²) in [5.41, 5.74) is 5.73. The van der Waals surface area contributed by atoms with Crippen LogP contribution in [0.25, 0.3) is 0 Å². The molecule has 1 amide bonds. The second-order valence-corrected chi connectivity index (χ2v) is 4.49. The van der Waals surface area contributed by atoms with Crippen LogP contribution >= 0.6 is 0 Å². The highest BCUT2D eigenvalue weighted by Crippen LogP contribution is 2.30. The Morgan fingerprint density at radius 1 is 1.14 bits per heavy atom. The lowest BCUT2D eigenvalue weighted by Gasteiger charge is -2.11. The van der Waals surface area contributed by atoms with Gasteiger partial charge in [-0.1, -0.05) is 0 Å². The van der Waals surface area contributed by atoms with Gasteiger partial charge in [0.15, 0.2) is 0 Å². The Bertz CT molecular complexity index is 682. The Hall–Kier alpha value is -2.70. The number of hydrogen-bond donors (Lipinski definition) is 2. The van der Waals surface area contributed by atoms with Gasteiger partial charge >= 0.3 is 6.18 Å². The van der Waals surface area contributed by atoms with Crippen LogP contribution in [0.1, 0.15) is 15.9 Å². The minimum atomic E-state index is -4.41. The molecule has 0 radical (unpaired) electrons. The Kier molecular flexibility index (Phi) is 4.25. The monoisotopic (exact) mass is 310 g/mol. The van der Waals surface area contributed by atoms with Crippen LogP contribution < -0.4 is 15.8 Å². The number of anilines is 2. The smallest absolute Gasteiger partial charge is 0.416 e. The standard InChI is InChI=1S/C15H13F3N2O2/c1-22-13-8-10(19)4-7-12(13)14(21)20-11-5-2-9(3-6-11)15(16,17)18/h2-8H,19H2,1H3,(H,20,21). The lowest BCUT2D eigenvalue weighted by molar-refractivity contribution is -0.137. The fraction of sp³-hybridized carbons (Fsp3) is 0.133. The van der Waals surface area contributed by atoms with Crippen LogP contribution in [-0.2, 0) is 6.18 Å². The Morgan fingerprint density at radius 3 is 2.32 bits per heavy atom. The fourth-order valence-electron chi connectivity index (χ4n) is 1.84. The Balaban J connectivity index is 2.19. The number of ether oxygens (including phenoxy) is 1. The van der Waals surface area contributed by atoms with E-state index in [1.165, 1.54) is 37.4 Å². The highest BCUT2D eigenvalue weighted by molar-refractivity contribution is 6.06. The molecule has 3 N–H and O–H groups in total. The van der Waals surface area contributed by atoms with Crippen molar-refractivity contribution in [3.63, 3.8) is 0 Å². The lowest BCUT2D eigenvalue weighted by atomic mass is 10.1. The van der Waals surface area contributed by atoms with E-state index in [1.807, 2.05) is 0 Å². The number of alkyl halides is 3. The number of nitrogens with one attached hydrogen (secondary N) is 1. The van der Waals surface area contributed by atoms with E-state index in [0.29, 0.717) is 5.69 Å². The van der Waals surface area contributed by atoms with E-state index in [9.17, 15) is 18.0 Å². The first-order valence-corrected chi connectivity index (χ1v) is 6.23. The van der Waals surface area contributed by atoms with Gasteiger partial charge in [-0.3, -0.25) is 4.79 Å². The maximum absolute atomic E-state index is 12.5. The van der Waals surface area contributed by atoms with Crippen molar-refractivity contribution in [2.45, 2.75) is 6.18 Å². The number of benzene rings is 2. The van der Waals surface area contributed by atoms with E-state index in [-0.39, 0.29) is 17.0 Å². The van der Waals surface area contributed by atoms with Gasteiger partial charge < -0.3 is 15.8 Å². The van der Waals surface area contributed by atoms with Gasteiger partial charge in [0.25, 0.3) is 5.91 Å². The molecule has 4 nitrogen and oxygen atoms in total. The third-order valence-corrected chi connectivity index (χ3v) is 2.94. The maximum atomic E-state index is 12.5. The molecule has 116 valence electrons. The summed E-state index contributed by atoms with van der Waals surface area (Å²) in [4.78, 5) is 12.1. The molecule has 2 rings (SSSR count). The van der Waals surface area contributed by atoms with Crippen LogP contribution in [-0.4, -0.2) is 13.0 Å². The van der Waals surface area contributed by atoms with Gasteiger partial charge in [-0.05, 0) is 36.4 Å². The topological polar surface area (TPSA) is 64.3 Å². The van der Waals surface area contributed by atoms with Crippen molar-refractivity contribution < 1.29 is 22.7 Å². The summed E-state index contributed by atoms with van der Waals surface area (Å²) in [5, 5.41) is 2.50. The van der Waals surface area contributed by atoms with Crippen molar-refractivity contribution in [1.29, 1.82) is 0 Å². The molecule has 0 saturated heterocycles. The summed E-state index contributed by atoms with van der Waals surface area (Å²) in [6.07, 6.45) is -4.41. The third kappa shape index (κ3) is 3.49. The van der Waals surface area contributed by atoms with Crippen LogP contribution in [0, 0.1) is 0 Å². The molecule has 0 spiro atoms. The molecule has 0 saturated carbocycles. The number of nitrogen functional groups attached to an aromatic ring is 1. The zero-order valence-electron chi connectivity index (χ0n) is 11.6. The minimum Gasteiger partial charge on any atom is -0.496 e. The summed E-state index contributed by atoms with van der Waals surface area (Å²) in [6.45, 7) is 0. The molecule has 0 bridgehead atoms. The third-order valence-electron chi connectivity index (χ3n) is 2.94. The van der Waals surface area contributed by atoms with E-state index in [2.05, 4.69) is 5.32 Å². The molecule has 22 heavy (non-hydrogen) atoms. The van der Waals surface area contributed by atoms with E-state index in [1.54, 1.807) is 0 Å². The number of halogens is 3. The van der Waals surface area contributed by atoms with Gasteiger partial charge in [0.2, 0.25) is 0 Å². The summed E-state index contributed by atoms with van der Waals surface area (Å²) >= 11 is 0. The highest BCUT2D eigenvalue weighted by atomic mass is 19.4. The zero-order chi connectivity index (χ0) is 16.3. The predicted molar refractivity (Wildman–Crippen MR) is 76.8 cm³/mol. The molecule has 7 heteroatoms. The van der Waals surface area contributed by atoms with Crippen LogP contribution in [0.5, 0.6) is 5.75 Å². The second kappa shape index (κ2) is 5.97. The number of nitrogens with two attached hydrogens (primary N) is 1. The molecule has 0 aliphatic carbocycles. The Morgan fingerprint density at radius 2 is 1.77 bits per heavy atom. The molecule has 0 unspecified atom stereocenters. The van der Waals surface area contributed by atoms with E-state index < -0.39 is 17.6 Å². The van der Waals surface area contributed by atoms with Crippen molar-refractivity contribution in [1.82, 2.24) is 0 Å². The van der Waals surface area contributed by atoms with Crippen molar-refractivity contribution in [2.24, 2.45) is 0 Å². The maximum Gasteiger partial charge on any atom is 0.416 e. The molecule has 2 aromatic carbocycles. The predicted octanol–water partition coefficient (Wildman–Crippen LogP) is 3.55. The molecular formula is C15H13F3N2O2. The van der Waals surface area contributed by atoms with Gasteiger partial charge in [-0.15, -0.1) is 0 Å². The largest absolute Gasteiger partial charge is 0.496 e. The average molecular weight is 310 g/mol. The highest BCUT2D eigenvalue weighted by Gasteiger charge is 2.30. The molecule has 0 aliphatic rings. The van der Waals surface area contributed by atoms with Gasteiger partial charge in [0, 0.05) is 17.4 Å². The van der Waals surface area contributed by atoms with Gasteiger partial charge in [-0.25, -0.2) is 0 Å². The molecule has 0 heterocycles. The van der Waals surface area contributed by atoms with Crippen molar-refractivity contribution >= 4 is 17.3 Å². The second-order valence-electron chi connectivity index (χ2n) is 4.49. The number of carbonyl (C=O) groups excluding carboxylic acids is 1. The molecule has 2 aromatic rings. The van der Waals surface area contributed by atoms with Gasteiger partial charge in [-0.2, -0.15) is 13.2 Å². The number of rotatable bonds is 3. The lowest BCUT2D eigenvalue weighted by Crippen LogP contribution is -2.13. The van der Waals surface area contributed by atoms with E-state index in [4.69, 9.17) is 10.5 Å². The molecule has 0 atom stereocenters. The van der Waals surface area contributed by atoms with Crippen LogP contribution in [0.15, 0.2) is 42.5 Å². The van der Waals surface area contributed by atoms with Crippen LogP contribution in [0.2, 0.25) is 0 Å². The first kappa shape index (κ1) is 15.7. The molecule has 0 aromatic heterocycles. The normalized spacial score (nSPS) is 11.1. The number of methoxy groups -OCH3 is 1. The Labute approximate surface area is 124 Å². The van der Waals surface area contributed by atoms with E-state index in [0.717, 1.165) is 12.1 Å². The van der Waals surface area contributed by atoms with Crippen molar-refractivity contribution in [2.75, 3.05) is 18.2 Å². The fourth-order valence-corrected chi connectivity index (χ4v) is 1.84. The summed E-state index contributed by atoms with van der Waals surface area (Å²) in [6, 6.07) is 8.67. The SMILES string of the molecule is COc1cc(N)ccc1C(=O)Nc1ccc(C(F)(F)F)cc1. The molecular weight excluding hydrogens is 297 g/mol. The quantitative estimate of drug-likeness (QED) is 0.852. The number of carbonyl (C=O) groups is 1. The van der Waals surface area contributed by atoms with E-state index >= 15 is 0 Å². The van der Waals surface area contributed by atoms with Crippen LogP contribution in [0.4, 0.5) is 24.5 Å². The van der Waals surface area contributed by atoms with Crippen LogP contribution in [0.3, 0.4) is 0 Å². The first-order chi connectivity index (χ1) is 10.3. The summed E-state index contributed by atoms with van der Waals surface area (Å²) < 4.78 is 42.5. The number of hydrogen-bond acceptors (Lipinski definition) is 3. The first-order valence-electron chi connectivity index (χ1n) is 6.23. The molecule has 0 fully saturated rings. The van der Waals surface area contributed by atoms with Gasteiger partial charge in [0.05, 0.1) is 18.2 Å². The van der Waals surface area contributed by atoms with Gasteiger partial charge in [0.1, 0.15) is 5.75 Å². The number of amides is 1.